The summed E-state index contributed by atoms with van der Waals surface area (Å²) in [7, 11) is 0. The van der Waals surface area contributed by atoms with Crippen LogP contribution in [-0.2, 0) is 11.3 Å². The first-order valence-electron chi connectivity index (χ1n) is 7.64. The van der Waals surface area contributed by atoms with Crippen molar-refractivity contribution in [2.24, 2.45) is 5.73 Å². The second-order valence-corrected chi connectivity index (χ2v) is 5.87. The quantitative estimate of drug-likeness (QED) is 0.904. The van der Waals surface area contributed by atoms with Crippen molar-refractivity contribution in [1.29, 1.82) is 0 Å². The summed E-state index contributed by atoms with van der Waals surface area (Å²) in [5.74, 6) is 0. The molecule has 0 amide bonds. The highest BCUT2D eigenvalue weighted by Crippen LogP contribution is 2.27. The van der Waals surface area contributed by atoms with Crippen LogP contribution in [0.2, 0.25) is 0 Å². The zero-order chi connectivity index (χ0) is 13.9. The van der Waals surface area contributed by atoms with E-state index in [2.05, 4.69) is 34.9 Å². The molecule has 1 aromatic carbocycles. The molecule has 1 atom stereocenters. The Balaban J connectivity index is 1.70. The molecule has 0 radical (unpaired) electrons. The monoisotopic (exact) mass is 275 g/mol. The lowest BCUT2D eigenvalue weighted by molar-refractivity contribution is 0.0209. The molecule has 0 bridgehead atoms. The van der Waals surface area contributed by atoms with Crippen molar-refractivity contribution in [3.05, 3.63) is 29.3 Å². The van der Waals surface area contributed by atoms with Gasteiger partial charge in [0.1, 0.15) is 0 Å². The Hall–Kier alpha value is -1.10. The van der Waals surface area contributed by atoms with Gasteiger partial charge in [0.05, 0.1) is 13.2 Å². The Morgan fingerprint density at radius 2 is 2.05 bits per heavy atom. The highest BCUT2D eigenvalue weighted by molar-refractivity contribution is 5.56. The standard InChI is InChI=1S/C16H25N3O/c1-13-2-3-16(14(10-13)11-17)19-5-4-15(12-19)18-6-8-20-9-7-18/h2-3,10,15H,4-9,11-12,17H2,1H3. The van der Waals surface area contributed by atoms with Crippen LogP contribution in [-0.4, -0.2) is 50.3 Å². The first-order chi connectivity index (χ1) is 9.78. The fourth-order valence-electron chi connectivity index (χ4n) is 3.39. The molecule has 110 valence electrons. The summed E-state index contributed by atoms with van der Waals surface area (Å²) in [5, 5.41) is 0. The molecule has 1 aromatic rings. The van der Waals surface area contributed by atoms with Gasteiger partial charge in [-0.25, -0.2) is 0 Å². The second kappa shape index (κ2) is 6.12. The van der Waals surface area contributed by atoms with Gasteiger partial charge in [-0.1, -0.05) is 17.7 Å². The van der Waals surface area contributed by atoms with Gasteiger partial charge in [0.2, 0.25) is 0 Å². The number of hydrogen-bond donors (Lipinski definition) is 1. The molecule has 2 aliphatic heterocycles. The number of hydrogen-bond acceptors (Lipinski definition) is 4. The lowest BCUT2D eigenvalue weighted by Crippen LogP contribution is -2.44. The third-order valence-corrected chi connectivity index (χ3v) is 4.52. The molecule has 0 aromatic heterocycles. The highest BCUT2D eigenvalue weighted by Gasteiger charge is 2.29. The summed E-state index contributed by atoms with van der Waals surface area (Å²) in [5.41, 5.74) is 9.80. The summed E-state index contributed by atoms with van der Waals surface area (Å²) >= 11 is 0. The molecule has 20 heavy (non-hydrogen) atoms. The average molecular weight is 275 g/mol. The second-order valence-electron chi connectivity index (χ2n) is 5.87. The van der Waals surface area contributed by atoms with E-state index >= 15 is 0 Å². The molecule has 0 spiro atoms. The largest absolute Gasteiger partial charge is 0.379 e. The van der Waals surface area contributed by atoms with Crippen LogP contribution in [0.5, 0.6) is 0 Å². The van der Waals surface area contributed by atoms with Crippen LogP contribution in [0, 0.1) is 6.92 Å². The van der Waals surface area contributed by atoms with E-state index in [0.717, 1.165) is 39.4 Å². The van der Waals surface area contributed by atoms with Crippen molar-refractivity contribution in [2.75, 3.05) is 44.3 Å². The molecule has 4 heteroatoms. The van der Waals surface area contributed by atoms with E-state index in [1.165, 1.54) is 23.2 Å². The van der Waals surface area contributed by atoms with E-state index in [0.29, 0.717) is 12.6 Å². The SMILES string of the molecule is Cc1ccc(N2CCC(N3CCOCC3)C2)c(CN)c1. The lowest BCUT2D eigenvalue weighted by Gasteiger charge is -2.32. The van der Waals surface area contributed by atoms with Crippen LogP contribution < -0.4 is 10.6 Å². The topological polar surface area (TPSA) is 41.7 Å². The molecule has 3 rings (SSSR count). The van der Waals surface area contributed by atoms with Gasteiger partial charge in [-0.2, -0.15) is 0 Å². The van der Waals surface area contributed by atoms with E-state index < -0.39 is 0 Å². The Bertz CT molecular complexity index is 457. The number of nitrogens with zero attached hydrogens (tertiary/aromatic N) is 2. The smallest absolute Gasteiger partial charge is 0.0594 e. The summed E-state index contributed by atoms with van der Waals surface area (Å²) < 4.78 is 5.45. The van der Waals surface area contributed by atoms with Crippen molar-refractivity contribution in [2.45, 2.75) is 25.9 Å². The predicted octanol–water partition coefficient (Wildman–Crippen LogP) is 1.36. The van der Waals surface area contributed by atoms with Crippen LogP contribution in [0.4, 0.5) is 5.69 Å². The number of rotatable bonds is 3. The number of benzene rings is 1. The summed E-state index contributed by atoms with van der Waals surface area (Å²) in [6, 6.07) is 7.32. The molecule has 2 heterocycles. The number of nitrogens with two attached hydrogens (primary N) is 1. The molecule has 1 unspecified atom stereocenters. The van der Waals surface area contributed by atoms with Gasteiger partial charge in [-0.3, -0.25) is 4.90 Å². The molecule has 0 aliphatic carbocycles. The third-order valence-electron chi connectivity index (χ3n) is 4.52. The number of aryl methyl sites for hydroxylation is 1. The maximum Gasteiger partial charge on any atom is 0.0594 e. The van der Waals surface area contributed by atoms with E-state index in [4.69, 9.17) is 10.5 Å². The van der Waals surface area contributed by atoms with E-state index in [1.54, 1.807) is 0 Å². The van der Waals surface area contributed by atoms with Gasteiger partial charge >= 0.3 is 0 Å². The predicted molar refractivity (Wildman–Crippen MR) is 82.1 cm³/mol. The van der Waals surface area contributed by atoms with E-state index in [9.17, 15) is 0 Å². The van der Waals surface area contributed by atoms with Crippen LogP contribution >= 0.6 is 0 Å². The molecule has 2 fully saturated rings. The third kappa shape index (κ3) is 2.82. The fourth-order valence-corrected chi connectivity index (χ4v) is 3.39. The lowest BCUT2D eigenvalue weighted by atomic mass is 10.1. The fraction of sp³-hybridized carbons (Fsp3) is 0.625. The molecular formula is C16H25N3O. The maximum absolute atomic E-state index is 5.91. The Kier molecular flexibility index (Phi) is 4.24. The number of anilines is 1. The maximum atomic E-state index is 5.91. The average Bonchev–Trinajstić information content (AvgIpc) is 2.97. The van der Waals surface area contributed by atoms with Crippen LogP contribution in [0.15, 0.2) is 18.2 Å². The molecular weight excluding hydrogens is 250 g/mol. The summed E-state index contributed by atoms with van der Waals surface area (Å²) in [6.45, 7) is 8.93. The molecule has 4 nitrogen and oxygen atoms in total. The van der Waals surface area contributed by atoms with Crippen LogP contribution in [0.3, 0.4) is 0 Å². The zero-order valence-corrected chi connectivity index (χ0v) is 12.3. The van der Waals surface area contributed by atoms with Gasteiger partial charge in [-0.15, -0.1) is 0 Å². The van der Waals surface area contributed by atoms with Crippen molar-refractivity contribution in [3.8, 4) is 0 Å². The number of morpholine rings is 1. The number of ether oxygens (including phenoxy) is 1. The van der Waals surface area contributed by atoms with Gasteiger partial charge in [0.15, 0.2) is 0 Å². The minimum Gasteiger partial charge on any atom is -0.379 e. The van der Waals surface area contributed by atoms with Gasteiger partial charge in [0.25, 0.3) is 0 Å². The Morgan fingerprint density at radius 1 is 1.25 bits per heavy atom. The summed E-state index contributed by atoms with van der Waals surface area (Å²) in [4.78, 5) is 5.08. The van der Waals surface area contributed by atoms with Gasteiger partial charge in [0, 0.05) is 44.5 Å². The Labute approximate surface area is 121 Å². The van der Waals surface area contributed by atoms with Crippen LogP contribution in [0.25, 0.3) is 0 Å². The normalized spacial score (nSPS) is 24.3. The highest BCUT2D eigenvalue weighted by atomic mass is 16.5. The van der Waals surface area contributed by atoms with Gasteiger partial charge in [-0.05, 0) is 25.0 Å². The zero-order valence-electron chi connectivity index (χ0n) is 12.3. The minimum absolute atomic E-state index is 0.621. The first-order valence-corrected chi connectivity index (χ1v) is 7.64. The first kappa shape index (κ1) is 13.9. The molecule has 0 saturated carbocycles. The van der Waals surface area contributed by atoms with Crippen molar-refractivity contribution >= 4 is 5.69 Å². The van der Waals surface area contributed by atoms with E-state index in [-0.39, 0.29) is 0 Å². The summed E-state index contributed by atoms with van der Waals surface area (Å²) in [6.07, 6.45) is 1.25. The molecule has 2 N–H and O–H groups in total. The van der Waals surface area contributed by atoms with Gasteiger partial charge < -0.3 is 15.4 Å². The van der Waals surface area contributed by atoms with E-state index in [1.807, 2.05) is 0 Å². The van der Waals surface area contributed by atoms with Crippen molar-refractivity contribution in [3.63, 3.8) is 0 Å². The molecule has 2 saturated heterocycles. The van der Waals surface area contributed by atoms with Crippen molar-refractivity contribution < 1.29 is 4.74 Å². The van der Waals surface area contributed by atoms with Crippen molar-refractivity contribution in [1.82, 2.24) is 4.90 Å². The molecule has 2 aliphatic rings. The Morgan fingerprint density at radius 3 is 2.80 bits per heavy atom. The minimum atomic E-state index is 0.621. The van der Waals surface area contributed by atoms with Crippen LogP contribution in [0.1, 0.15) is 17.5 Å².